The third kappa shape index (κ3) is 4.50. The predicted octanol–water partition coefficient (Wildman–Crippen LogP) is 1.37. The summed E-state index contributed by atoms with van der Waals surface area (Å²) in [6.45, 7) is 3.75. The summed E-state index contributed by atoms with van der Waals surface area (Å²) in [5, 5.41) is 8.92. The van der Waals surface area contributed by atoms with E-state index in [1.165, 1.54) is 0 Å². The van der Waals surface area contributed by atoms with Gasteiger partial charge in [0, 0.05) is 5.92 Å². The number of aldehydes is 1. The van der Waals surface area contributed by atoms with Gasteiger partial charge in [0.2, 0.25) is 0 Å². The zero-order valence-corrected chi connectivity index (χ0v) is 6.71. The van der Waals surface area contributed by atoms with Gasteiger partial charge in [-0.15, -0.1) is 0 Å². The molecule has 0 unspecified atom stereocenters. The van der Waals surface area contributed by atoms with Gasteiger partial charge in [-0.1, -0.05) is 13.3 Å². The van der Waals surface area contributed by atoms with E-state index in [1.54, 1.807) is 6.92 Å². The Bertz CT molecular complexity index is 89.3. The average Bonchev–Trinajstić information content (AvgIpc) is 1.86. The number of hydrogen-bond donors (Lipinski definition) is 1. The lowest BCUT2D eigenvalue weighted by Gasteiger charge is -2.09. The maximum Gasteiger partial charge on any atom is 0.123 e. The third-order valence-corrected chi connectivity index (χ3v) is 1.50. The van der Waals surface area contributed by atoms with Gasteiger partial charge in [-0.25, -0.2) is 0 Å². The van der Waals surface area contributed by atoms with Crippen LogP contribution in [0.2, 0.25) is 0 Å². The van der Waals surface area contributed by atoms with Crippen molar-refractivity contribution in [3.8, 4) is 0 Å². The lowest BCUT2D eigenvalue weighted by molar-refractivity contribution is -0.112. The van der Waals surface area contributed by atoms with Crippen molar-refractivity contribution in [2.45, 2.75) is 39.2 Å². The van der Waals surface area contributed by atoms with Gasteiger partial charge in [0.1, 0.15) is 6.29 Å². The van der Waals surface area contributed by atoms with Gasteiger partial charge in [-0.05, 0) is 19.8 Å². The lowest BCUT2D eigenvalue weighted by atomic mass is 9.99. The summed E-state index contributed by atoms with van der Waals surface area (Å²) in [5.74, 6) is 0.0602. The SMILES string of the molecule is CCC[C@@H](C=O)C[C@H](C)O. The molecular formula is C8H16O2. The maximum absolute atomic E-state index is 10.3. The molecule has 0 saturated carbocycles. The lowest BCUT2D eigenvalue weighted by Crippen LogP contribution is -2.10. The van der Waals surface area contributed by atoms with Crippen molar-refractivity contribution in [3.05, 3.63) is 0 Å². The van der Waals surface area contributed by atoms with Crippen LogP contribution in [-0.4, -0.2) is 17.5 Å². The Morgan fingerprint density at radius 1 is 1.60 bits per heavy atom. The van der Waals surface area contributed by atoms with E-state index in [0.29, 0.717) is 6.42 Å². The fourth-order valence-corrected chi connectivity index (χ4v) is 1.05. The quantitative estimate of drug-likeness (QED) is 0.592. The molecule has 60 valence electrons. The van der Waals surface area contributed by atoms with Crippen molar-refractivity contribution >= 4 is 6.29 Å². The van der Waals surface area contributed by atoms with Crippen LogP contribution in [0.1, 0.15) is 33.1 Å². The summed E-state index contributed by atoms with van der Waals surface area (Å²) >= 11 is 0. The van der Waals surface area contributed by atoms with E-state index in [-0.39, 0.29) is 12.0 Å². The summed E-state index contributed by atoms with van der Waals surface area (Å²) in [6, 6.07) is 0. The van der Waals surface area contributed by atoms with Crippen LogP contribution in [0.15, 0.2) is 0 Å². The first-order valence-corrected chi connectivity index (χ1v) is 3.84. The molecule has 10 heavy (non-hydrogen) atoms. The minimum atomic E-state index is -0.346. The zero-order chi connectivity index (χ0) is 7.98. The average molecular weight is 144 g/mol. The smallest absolute Gasteiger partial charge is 0.123 e. The molecule has 0 amide bonds. The van der Waals surface area contributed by atoms with E-state index in [4.69, 9.17) is 5.11 Å². The maximum atomic E-state index is 10.3. The number of hydrogen-bond acceptors (Lipinski definition) is 2. The highest BCUT2D eigenvalue weighted by molar-refractivity contribution is 5.53. The predicted molar refractivity (Wildman–Crippen MR) is 40.8 cm³/mol. The molecule has 0 spiro atoms. The molecule has 0 radical (unpaired) electrons. The van der Waals surface area contributed by atoms with E-state index in [2.05, 4.69) is 0 Å². The largest absolute Gasteiger partial charge is 0.393 e. The Kier molecular flexibility index (Phi) is 5.22. The molecule has 2 heteroatoms. The second-order valence-electron chi connectivity index (χ2n) is 2.77. The monoisotopic (exact) mass is 144 g/mol. The molecule has 0 saturated heterocycles. The molecule has 0 aliphatic rings. The first-order chi connectivity index (χ1) is 4.70. The number of carbonyl (C=O) groups is 1. The Morgan fingerprint density at radius 2 is 2.20 bits per heavy atom. The summed E-state index contributed by atoms with van der Waals surface area (Å²) in [4.78, 5) is 10.3. The van der Waals surface area contributed by atoms with Gasteiger partial charge in [0.25, 0.3) is 0 Å². The first-order valence-electron chi connectivity index (χ1n) is 3.84. The Balaban J connectivity index is 3.49. The van der Waals surface area contributed by atoms with Crippen molar-refractivity contribution in [3.63, 3.8) is 0 Å². The van der Waals surface area contributed by atoms with Crippen molar-refractivity contribution < 1.29 is 9.90 Å². The zero-order valence-electron chi connectivity index (χ0n) is 6.71. The molecule has 0 aromatic carbocycles. The molecule has 0 rings (SSSR count). The second-order valence-corrected chi connectivity index (χ2v) is 2.77. The molecule has 0 aliphatic heterocycles. The van der Waals surface area contributed by atoms with Crippen LogP contribution in [-0.2, 0) is 4.79 Å². The van der Waals surface area contributed by atoms with E-state index in [1.807, 2.05) is 6.92 Å². The highest BCUT2D eigenvalue weighted by Crippen LogP contribution is 2.10. The number of carbonyl (C=O) groups excluding carboxylic acids is 1. The number of aliphatic hydroxyl groups excluding tert-OH is 1. The fraction of sp³-hybridized carbons (Fsp3) is 0.875. The van der Waals surface area contributed by atoms with Crippen LogP contribution in [0.3, 0.4) is 0 Å². The van der Waals surface area contributed by atoms with Crippen LogP contribution in [0, 0.1) is 5.92 Å². The molecule has 2 nitrogen and oxygen atoms in total. The van der Waals surface area contributed by atoms with Gasteiger partial charge in [-0.2, -0.15) is 0 Å². The van der Waals surface area contributed by atoms with Gasteiger partial charge < -0.3 is 9.90 Å². The number of rotatable bonds is 5. The van der Waals surface area contributed by atoms with Crippen LogP contribution in [0.4, 0.5) is 0 Å². The minimum Gasteiger partial charge on any atom is -0.393 e. The normalized spacial score (nSPS) is 16.3. The van der Waals surface area contributed by atoms with Crippen LogP contribution < -0.4 is 0 Å². The van der Waals surface area contributed by atoms with E-state index in [0.717, 1.165) is 19.1 Å². The Morgan fingerprint density at radius 3 is 2.50 bits per heavy atom. The highest BCUT2D eigenvalue weighted by Gasteiger charge is 2.08. The summed E-state index contributed by atoms with van der Waals surface area (Å²) in [5.41, 5.74) is 0. The molecule has 1 N–H and O–H groups in total. The van der Waals surface area contributed by atoms with Crippen molar-refractivity contribution in [1.29, 1.82) is 0 Å². The molecule has 0 aromatic rings. The van der Waals surface area contributed by atoms with E-state index < -0.39 is 0 Å². The van der Waals surface area contributed by atoms with Crippen molar-refractivity contribution in [1.82, 2.24) is 0 Å². The molecule has 0 bridgehead atoms. The van der Waals surface area contributed by atoms with Crippen LogP contribution in [0.25, 0.3) is 0 Å². The Hall–Kier alpha value is -0.370. The third-order valence-electron chi connectivity index (χ3n) is 1.50. The van der Waals surface area contributed by atoms with Crippen LogP contribution >= 0.6 is 0 Å². The molecule has 0 aliphatic carbocycles. The molecule has 0 aromatic heterocycles. The highest BCUT2D eigenvalue weighted by atomic mass is 16.3. The molecule has 2 atom stereocenters. The fourth-order valence-electron chi connectivity index (χ4n) is 1.05. The minimum absolute atomic E-state index is 0.0602. The van der Waals surface area contributed by atoms with Gasteiger partial charge in [-0.3, -0.25) is 0 Å². The van der Waals surface area contributed by atoms with Crippen molar-refractivity contribution in [2.24, 2.45) is 5.92 Å². The van der Waals surface area contributed by atoms with Gasteiger partial charge in [0.15, 0.2) is 0 Å². The molecule has 0 heterocycles. The summed E-state index contributed by atoms with van der Waals surface area (Å²) < 4.78 is 0. The van der Waals surface area contributed by atoms with Crippen molar-refractivity contribution in [2.75, 3.05) is 0 Å². The standard InChI is InChI=1S/C8H16O2/c1-3-4-8(6-9)5-7(2)10/h6-8,10H,3-5H2,1-2H3/t7-,8+/m0/s1. The van der Waals surface area contributed by atoms with Gasteiger partial charge >= 0.3 is 0 Å². The number of aliphatic hydroxyl groups is 1. The van der Waals surface area contributed by atoms with E-state index >= 15 is 0 Å². The van der Waals surface area contributed by atoms with Crippen LogP contribution in [0.5, 0.6) is 0 Å². The van der Waals surface area contributed by atoms with Gasteiger partial charge in [0.05, 0.1) is 6.10 Å². The summed E-state index contributed by atoms with van der Waals surface area (Å²) in [7, 11) is 0. The first kappa shape index (κ1) is 9.63. The van der Waals surface area contributed by atoms with E-state index in [9.17, 15) is 4.79 Å². The molecule has 0 fully saturated rings. The topological polar surface area (TPSA) is 37.3 Å². The summed E-state index contributed by atoms with van der Waals surface area (Å²) in [6.07, 6.45) is 3.11. The molecular weight excluding hydrogens is 128 g/mol. The Labute approximate surface area is 62.2 Å². The second kappa shape index (κ2) is 5.42.